The van der Waals surface area contributed by atoms with Crippen molar-refractivity contribution < 1.29 is 4.79 Å². The fourth-order valence-electron chi connectivity index (χ4n) is 2.11. The Labute approximate surface area is 90.9 Å². The summed E-state index contributed by atoms with van der Waals surface area (Å²) >= 11 is 6.25. The molecular formula is C11H18ClNO. The van der Waals surface area contributed by atoms with E-state index in [0.717, 1.165) is 12.8 Å². The largest absolute Gasteiger partial charge is 0.341 e. The van der Waals surface area contributed by atoms with E-state index < -0.39 is 0 Å². The highest BCUT2D eigenvalue weighted by atomic mass is 35.5. The molecule has 0 aliphatic carbocycles. The van der Waals surface area contributed by atoms with Crippen LogP contribution in [0.25, 0.3) is 0 Å². The zero-order valence-electron chi connectivity index (χ0n) is 9.09. The van der Waals surface area contributed by atoms with Crippen LogP contribution in [0.1, 0.15) is 26.7 Å². The lowest BCUT2D eigenvalue weighted by Gasteiger charge is -2.30. The topological polar surface area (TPSA) is 20.3 Å². The summed E-state index contributed by atoms with van der Waals surface area (Å²) in [5, 5.41) is 0. The second-order valence-electron chi connectivity index (χ2n) is 4.49. The molecule has 2 unspecified atom stereocenters. The van der Waals surface area contributed by atoms with Crippen LogP contribution >= 0.6 is 11.6 Å². The minimum absolute atomic E-state index is 0.0838. The van der Waals surface area contributed by atoms with Gasteiger partial charge in [0.2, 0.25) is 5.91 Å². The number of allylic oxidation sites excluding steroid dienone is 1. The van der Waals surface area contributed by atoms with Crippen LogP contribution in [0.15, 0.2) is 12.7 Å². The molecule has 1 rings (SSSR count). The van der Waals surface area contributed by atoms with Crippen molar-refractivity contribution in [3.63, 3.8) is 0 Å². The van der Waals surface area contributed by atoms with Crippen molar-refractivity contribution in [2.45, 2.75) is 37.6 Å². The Hall–Kier alpha value is -0.500. The van der Waals surface area contributed by atoms with E-state index in [1.165, 1.54) is 0 Å². The Morgan fingerprint density at radius 2 is 2.29 bits per heavy atom. The molecule has 1 aliphatic heterocycles. The first kappa shape index (κ1) is 11.6. The van der Waals surface area contributed by atoms with Gasteiger partial charge in [-0.05, 0) is 26.7 Å². The van der Waals surface area contributed by atoms with Gasteiger partial charge in [-0.25, -0.2) is 0 Å². The van der Waals surface area contributed by atoms with Crippen LogP contribution in [0.5, 0.6) is 0 Å². The van der Waals surface area contributed by atoms with Gasteiger partial charge in [0.15, 0.2) is 0 Å². The molecule has 2 atom stereocenters. The highest BCUT2D eigenvalue weighted by Gasteiger charge is 2.43. The molecule has 0 bridgehead atoms. The summed E-state index contributed by atoms with van der Waals surface area (Å²) in [6.45, 7) is 7.58. The lowest BCUT2D eigenvalue weighted by molar-refractivity contribution is -0.130. The second-order valence-corrected chi connectivity index (χ2v) is 5.46. The molecule has 1 fully saturated rings. The minimum atomic E-state index is -0.347. The summed E-state index contributed by atoms with van der Waals surface area (Å²) in [6.07, 6.45) is 3.41. The number of hydrogen-bond acceptors (Lipinski definition) is 1. The second kappa shape index (κ2) is 3.93. The molecule has 2 nitrogen and oxygen atoms in total. The molecule has 0 aromatic carbocycles. The number of carbonyl (C=O) groups excluding carboxylic acids is 1. The van der Waals surface area contributed by atoms with Crippen LogP contribution < -0.4 is 0 Å². The normalized spacial score (nSPS) is 28.3. The zero-order valence-corrected chi connectivity index (χ0v) is 9.84. The molecule has 14 heavy (non-hydrogen) atoms. The van der Waals surface area contributed by atoms with Crippen LogP contribution in [-0.2, 0) is 4.79 Å². The predicted molar refractivity (Wildman–Crippen MR) is 59.4 cm³/mol. The predicted octanol–water partition coefficient (Wildman–Crippen LogP) is 2.43. The number of carbonyl (C=O) groups is 1. The molecule has 1 saturated heterocycles. The molecular weight excluding hydrogens is 198 g/mol. The van der Waals surface area contributed by atoms with E-state index in [2.05, 4.69) is 6.58 Å². The standard InChI is InChI=1S/C11H18ClNO/c1-5-6-8-7-9(11(2,3)12)13(4)10(8)14/h5,8-9H,1,6-7H2,2-4H3. The minimum Gasteiger partial charge on any atom is -0.341 e. The summed E-state index contributed by atoms with van der Waals surface area (Å²) < 4.78 is 0. The van der Waals surface area contributed by atoms with Gasteiger partial charge in [-0.2, -0.15) is 0 Å². The van der Waals surface area contributed by atoms with E-state index in [1.54, 1.807) is 11.0 Å². The number of amides is 1. The average Bonchev–Trinajstić information content (AvgIpc) is 2.32. The monoisotopic (exact) mass is 215 g/mol. The summed E-state index contributed by atoms with van der Waals surface area (Å²) in [7, 11) is 1.83. The maximum absolute atomic E-state index is 11.8. The van der Waals surface area contributed by atoms with Gasteiger partial charge in [-0.3, -0.25) is 4.79 Å². The maximum atomic E-state index is 11.8. The Morgan fingerprint density at radius 1 is 1.71 bits per heavy atom. The molecule has 1 heterocycles. The number of hydrogen-bond donors (Lipinski definition) is 0. The molecule has 0 aromatic rings. The molecule has 1 amide bonds. The fourth-order valence-corrected chi connectivity index (χ4v) is 2.34. The van der Waals surface area contributed by atoms with E-state index >= 15 is 0 Å². The average molecular weight is 216 g/mol. The van der Waals surface area contributed by atoms with Crippen molar-refractivity contribution in [1.29, 1.82) is 0 Å². The third kappa shape index (κ3) is 2.11. The molecule has 0 saturated carbocycles. The smallest absolute Gasteiger partial charge is 0.226 e. The molecule has 0 N–H and O–H groups in total. The summed E-state index contributed by atoms with van der Waals surface area (Å²) in [5.41, 5.74) is 0. The van der Waals surface area contributed by atoms with Gasteiger partial charge in [0, 0.05) is 13.0 Å². The van der Waals surface area contributed by atoms with Crippen molar-refractivity contribution in [2.75, 3.05) is 7.05 Å². The van der Waals surface area contributed by atoms with E-state index in [1.807, 2.05) is 20.9 Å². The third-order valence-electron chi connectivity index (χ3n) is 2.92. The van der Waals surface area contributed by atoms with Crippen molar-refractivity contribution in [3.05, 3.63) is 12.7 Å². The molecule has 0 aromatic heterocycles. The Kier molecular flexibility index (Phi) is 3.25. The van der Waals surface area contributed by atoms with Crippen molar-refractivity contribution >= 4 is 17.5 Å². The first-order valence-corrected chi connectivity index (χ1v) is 5.32. The van der Waals surface area contributed by atoms with Crippen molar-refractivity contribution in [1.82, 2.24) is 4.90 Å². The number of nitrogens with zero attached hydrogens (tertiary/aromatic N) is 1. The summed E-state index contributed by atoms with van der Waals surface area (Å²) in [6, 6.07) is 0.140. The molecule has 80 valence electrons. The quantitative estimate of drug-likeness (QED) is 0.523. The number of halogens is 1. The van der Waals surface area contributed by atoms with Crippen molar-refractivity contribution in [2.24, 2.45) is 5.92 Å². The maximum Gasteiger partial charge on any atom is 0.226 e. The first-order chi connectivity index (χ1) is 6.38. The lowest BCUT2D eigenvalue weighted by atomic mass is 9.95. The highest BCUT2D eigenvalue weighted by molar-refractivity contribution is 6.24. The Morgan fingerprint density at radius 3 is 2.64 bits per heavy atom. The van der Waals surface area contributed by atoms with Crippen LogP contribution in [-0.4, -0.2) is 28.8 Å². The molecule has 0 radical (unpaired) electrons. The van der Waals surface area contributed by atoms with Gasteiger partial charge >= 0.3 is 0 Å². The van der Waals surface area contributed by atoms with E-state index in [9.17, 15) is 4.79 Å². The zero-order chi connectivity index (χ0) is 10.9. The Bertz CT molecular complexity index is 244. The van der Waals surface area contributed by atoms with Gasteiger partial charge in [-0.1, -0.05) is 6.08 Å². The van der Waals surface area contributed by atoms with Crippen molar-refractivity contribution in [3.8, 4) is 0 Å². The third-order valence-corrected chi connectivity index (χ3v) is 3.17. The van der Waals surface area contributed by atoms with Gasteiger partial charge < -0.3 is 4.90 Å². The first-order valence-electron chi connectivity index (χ1n) is 4.94. The number of rotatable bonds is 3. The number of likely N-dealkylation sites (tertiary alicyclic amines) is 1. The molecule has 1 aliphatic rings. The van der Waals surface area contributed by atoms with Crippen LogP contribution in [0, 0.1) is 5.92 Å². The molecule has 3 heteroatoms. The summed E-state index contributed by atoms with van der Waals surface area (Å²) in [4.78, 5) is 13.2. The van der Waals surface area contributed by atoms with E-state index in [4.69, 9.17) is 11.6 Å². The SMILES string of the molecule is C=CCC1CC(C(C)(C)Cl)N(C)C1=O. The fraction of sp³-hybridized carbons (Fsp3) is 0.727. The molecule has 0 spiro atoms. The number of alkyl halides is 1. The van der Waals surface area contributed by atoms with Crippen LogP contribution in [0.2, 0.25) is 0 Å². The van der Waals surface area contributed by atoms with Gasteiger partial charge in [0.1, 0.15) is 0 Å². The Balaban J connectivity index is 2.76. The van der Waals surface area contributed by atoms with Gasteiger partial charge in [0.05, 0.1) is 10.9 Å². The van der Waals surface area contributed by atoms with Gasteiger partial charge in [0.25, 0.3) is 0 Å². The highest BCUT2D eigenvalue weighted by Crippen LogP contribution is 2.35. The van der Waals surface area contributed by atoms with E-state index in [-0.39, 0.29) is 22.7 Å². The lowest BCUT2D eigenvalue weighted by Crippen LogP contribution is -2.41. The van der Waals surface area contributed by atoms with Crippen LogP contribution in [0.4, 0.5) is 0 Å². The van der Waals surface area contributed by atoms with Crippen LogP contribution in [0.3, 0.4) is 0 Å². The van der Waals surface area contributed by atoms with E-state index in [0.29, 0.717) is 0 Å². The van der Waals surface area contributed by atoms with Gasteiger partial charge in [-0.15, -0.1) is 18.2 Å². The summed E-state index contributed by atoms with van der Waals surface area (Å²) in [5.74, 6) is 0.282.